The summed E-state index contributed by atoms with van der Waals surface area (Å²) in [6.07, 6.45) is 2.90. The van der Waals surface area contributed by atoms with Crippen LogP contribution in [0.3, 0.4) is 0 Å². The van der Waals surface area contributed by atoms with Gasteiger partial charge in [-0.05, 0) is 24.3 Å². The molecule has 0 bridgehead atoms. The second-order valence-electron chi connectivity index (χ2n) is 3.84. The van der Waals surface area contributed by atoms with Gasteiger partial charge in [0.15, 0.2) is 5.78 Å². The van der Waals surface area contributed by atoms with Gasteiger partial charge in [-0.25, -0.2) is 0 Å². The predicted octanol–water partition coefficient (Wildman–Crippen LogP) is 2.29. The Morgan fingerprint density at radius 2 is 2.00 bits per heavy atom. The second kappa shape index (κ2) is 5.92. The highest BCUT2D eigenvalue weighted by Crippen LogP contribution is 2.11. The maximum Gasteiger partial charge on any atom is 0.175 e. The highest BCUT2D eigenvalue weighted by molar-refractivity contribution is 5.98. The fourth-order valence-corrected chi connectivity index (χ4v) is 1.05. The fraction of sp³-hybridized carbons (Fsp3) is 0.727. The lowest BCUT2D eigenvalue weighted by molar-refractivity contribution is -0.117. The van der Waals surface area contributed by atoms with E-state index in [0.29, 0.717) is 5.57 Å². The lowest BCUT2D eigenvalue weighted by Crippen LogP contribution is -2.36. The number of hydrogen-bond acceptors (Lipinski definition) is 2. The minimum Gasteiger partial charge on any atom is -0.321 e. The summed E-state index contributed by atoms with van der Waals surface area (Å²) in [4.78, 5) is 11.6. The third-order valence-electron chi connectivity index (χ3n) is 2.20. The molecular weight excluding hydrogens is 162 g/mol. The maximum atomic E-state index is 11.6. The summed E-state index contributed by atoms with van der Waals surface area (Å²) in [6.45, 7) is 9.77. The molecule has 0 aliphatic carbocycles. The van der Waals surface area contributed by atoms with E-state index in [-0.39, 0.29) is 17.7 Å². The third-order valence-corrected chi connectivity index (χ3v) is 2.20. The second-order valence-corrected chi connectivity index (χ2v) is 3.84. The number of Topliss-reactive ketones (excluding diaryl/α,β-unsaturated/α-hetero) is 1. The number of hydrogen-bond donors (Lipinski definition) is 1. The molecule has 0 saturated heterocycles. The molecule has 0 radical (unpaired) electrons. The summed E-state index contributed by atoms with van der Waals surface area (Å²) < 4.78 is 0. The monoisotopic (exact) mass is 183 g/mol. The third kappa shape index (κ3) is 4.23. The van der Waals surface area contributed by atoms with E-state index in [9.17, 15) is 4.79 Å². The Labute approximate surface area is 81.2 Å². The van der Waals surface area contributed by atoms with Crippen LogP contribution in [0.4, 0.5) is 0 Å². The van der Waals surface area contributed by atoms with Crippen molar-refractivity contribution in [1.29, 1.82) is 0 Å². The van der Waals surface area contributed by atoms with E-state index in [4.69, 9.17) is 5.73 Å². The molecule has 1 atom stereocenters. The molecule has 0 heterocycles. The van der Waals surface area contributed by atoms with Crippen LogP contribution in [0.15, 0.2) is 12.2 Å². The van der Waals surface area contributed by atoms with Crippen LogP contribution in [-0.2, 0) is 4.79 Å². The van der Waals surface area contributed by atoms with Gasteiger partial charge in [0.2, 0.25) is 0 Å². The standard InChI is InChI=1S/C11H21NO/c1-5-6-7-9(4)11(13)10(12)8(2)3/h8,10H,4-7,12H2,1-3H3. The number of ketones is 1. The highest BCUT2D eigenvalue weighted by Gasteiger charge is 2.18. The lowest BCUT2D eigenvalue weighted by atomic mass is 9.94. The van der Waals surface area contributed by atoms with E-state index in [1.807, 2.05) is 13.8 Å². The van der Waals surface area contributed by atoms with Gasteiger partial charge in [0.1, 0.15) is 0 Å². The number of carbonyl (C=O) groups excluding carboxylic acids is 1. The molecule has 13 heavy (non-hydrogen) atoms. The van der Waals surface area contributed by atoms with Crippen molar-refractivity contribution in [2.45, 2.75) is 46.1 Å². The van der Waals surface area contributed by atoms with Crippen molar-refractivity contribution in [3.63, 3.8) is 0 Å². The van der Waals surface area contributed by atoms with Crippen LogP contribution < -0.4 is 5.73 Å². The van der Waals surface area contributed by atoms with Crippen LogP contribution in [0.25, 0.3) is 0 Å². The number of unbranched alkanes of at least 4 members (excludes halogenated alkanes) is 1. The highest BCUT2D eigenvalue weighted by atomic mass is 16.1. The molecule has 2 heteroatoms. The van der Waals surface area contributed by atoms with E-state index >= 15 is 0 Å². The van der Waals surface area contributed by atoms with Gasteiger partial charge in [0.05, 0.1) is 6.04 Å². The number of rotatable bonds is 6. The van der Waals surface area contributed by atoms with E-state index in [0.717, 1.165) is 19.3 Å². The topological polar surface area (TPSA) is 43.1 Å². The van der Waals surface area contributed by atoms with Crippen molar-refractivity contribution >= 4 is 5.78 Å². The molecule has 2 nitrogen and oxygen atoms in total. The summed E-state index contributed by atoms with van der Waals surface area (Å²) in [6, 6.07) is -0.371. The Morgan fingerprint density at radius 3 is 2.38 bits per heavy atom. The van der Waals surface area contributed by atoms with Gasteiger partial charge in [0.25, 0.3) is 0 Å². The van der Waals surface area contributed by atoms with Gasteiger partial charge >= 0.3 is 0 Å². The van der Waals surface area contributed by atoms with Crippen LogP contribution in [0.2, 0.25) is 0 Å². The van der Waals surface area contributed by atoms with E-state index in [2.05, 4.69) is 13.5 Å². The molecule has 0 saturated carbocycles. The lowest BCUT2D eigenvalue weighted by Gasteiger charge is -2.15. The minimum atomic E-state index is -0.371. The predicted molar refractivity (Wildman–Crippen MR) is 56.5 cm³/mol. The van der Waals surface area contributed by atoms with Gasteiger partial charge < -0.3 is 5.73 Å². The molecule has 2 N–H and O–H groups in total. The first kappa shape index (κ1) is 12.4. The van der Waals surface area contributed by atoms with Crippen LogP contribution >= 0.6 is 0 Å². The Balaban J connectivity index is 4.02. The molecule has 0 aromatic carbocycles. The zero-order valence-corrected chi connectivity index (χ0v) is 8.97. The Bertz CT molecular complexity index is 185. The van der Waals surface area contributed by atoms with Crippen molar-refractivity contribution in [1.82, 2.24) is 0 Å². The van der Waals surface area contributed by atoms with Crippen LogP contribution in [-0.4, -0.2) is 11.8 Å². The first-order valence-electron chi connectivity index (χ1n) is 4.98. The fourth-order valence-electron chi connectivity index (χ4n) is 1.05. The number of nitrogens with two attached hydrogens (primary N) is 1. The zero-order chi connectivity index (χ0) is 10.4. The van der Waals surface area contributed by atoms with E-state index in [1.54, 1.807) is 0 Å². The maximum absolute atomic E-state index is 11.6. The van der Waals surface area contributed by atoms with E-state index < -0.39 is 0 Å². The summed E-state index contributed by atoms with van der Waals surface area (Å²) >= 11 is 0. The number of carbonyl (C=O) groups is 1. The van der Waals surface area contributed by atoms with Crippen LogP contribution in [0.1, 0.15) is 40.0 Å². The largest absolute Gasteiger partial charge is 0.321 e. The van der Waals surface area contributed by atoms with Crippen molar-refractivity contribution in [2.75, 3.05) is 0 Å². The van der Waals surface area contributed by atoms with Gasteiger partial charge in [-0.2, -0.15) is 0 Å². The molecule has 0 amide bonds. The van der Waals surface area contributed by atoms with Gasteiger partial charge in [-0.15, -0.1) is 0 Å². The Morgan fingerprint density at radius 1 is 1.46 bits per heavy atom. The van der Waals surface area contributed by atoms with Crippen LogP contribution in [0, 0.1) is 5.92 Å². The molecule has 0 aromatic rings. The van der Waals surface area contributed by atoms with Crippen molar-refractivity contribution < 1.29 is 4.79 Å². The first-order chi connectivity index (χ1) is 6.00. The van der Waals surface area contributed by atoms with Gasteiger partial charge in [0, 0.05) is 0 Å². The summed E-state index contributed by atoms with van der Waals surface area (Å²) in [5.74, 6) is 0.231. The van der Waals surface area contributed by atoms with Crippen molar-refractivity contribution in [3.05, 3.63) is 12.2 Å². The Kier molecular flexibility index (Phi) is 5.63. The molecule has 0 aliphatic heterocycles. The van der Waals surface area contributed by atoms with Crippen molar-refractivity contribution in [3.8, 4) is 0 Å². The Hall–Kier alpha value is -0.630. The molecule has 0 fully saturated rings. The summed E-state index contributed by atoms with van der Waals surface area (Å²) in [5.41, 5.74) is 6.41. The minimum absolute atomic E-state index is 0.0310. The molecule has 76 valence electrons. The first-order valence-corrected chi connectivity index (χ1v) is 4.98. The SMILES string of the molecule is C=C(CCCC)C(=O)C(N)C(C)C. The zero-order valence-electron chi connectivity index (χ0n) is 8.97. The summed E-state index contributed by atoms with van der Waals surface area (Å²) in [7, 11) is 0. The average molecular weight is 183 g/mol. The molecular formula is C11H21NO. The van der Waals surface area contributed by atoms with Crippen molar-refractivity contribution in [2.24, 2.45) is 11.7 Å². The van der Waals surface area contributed by atoms with Gasteiger partial charge in [-0.1, -0.05) is 33.8 Å². The molecule has 0 rings (SSSR count). The van der Waals surface area contributed by atoms with Crippen LogP contribution in [0.5, 0.6) is 0 Å². The smallest absolute Gasteiger partial charge is 0.175 e. The van der Waals surface area contributed by atoms with Gasteiger partial charge in [-0.3, -0.25) is 4.79 Å². The van der Waals surface area contributed by atoms with E-state index in [1.165, 1.54) is 0 Å². The molecule has 1 unspecified atom stereocenters. The molecule has 0 aromatic heterocycles. The average Bonchev–Trinajstić information content (AvgIpc) is 2.11. The quantitative estimate of drug-likeness (QED) is 0.642. The summed E-state index contributed by atoms with van der Waals surface area (Å²) in [5, 5.41) is 0. The normalized spacial score (nSPS) is 13.0. The molecule has 0 aliphatic rings. The molecule has 0 spiro atoms.